The van der Waals surface area contributed by atoms with Gasteiger partial charge in [0.15, 0.2) is 16.6 Å². The third-order valence-electron chi connectivity index (χ3n) is 3.89. The van der Waals surface area contributed by atoms with Crippen LogP contribution in [0.2, 0.25) is 0 Å². The molecular formula is C20H20N2O3S. The molecule has 0 unspecified atom stereocenters. The number of benzene rings is 2. The van der Waals surface area contributed by atoms with Gasteiger partial charge in [-0.2, -0.15) is 0 Å². The molecule has 3 aromatic rings. The lowest BCUT2D eigenvalue weighted by Gasteiger charge is -2.08. The van der Waals surface area contributed by atoms with E-state index in [2.05, 4.69) is 10.3 Å². The quantitative estimate of drug-likeness (QED) is 0.709. The molecule has 0 fully saturated rings. The van der Waals surface area contributed by atoms with Crippen LogP contribution in [0.4, 0.5) is 5.13 Å². The van der Waals surface area contributed by atoms with Crippen molar-refractivity contribution in [2.75, 3.05) is 19.5 Å². The van der Waals surface area contributed by atoms with Gasteiger partial charge in [0, 0.05) is 16.5 Å². The van der Waals surface area contributed by atoms with Crippen LogP contribution in [0.25, 0.3) is 11.3 Å². The summed E-state index contributed by atoms with van der Waals surface area (Å²) in [5, 5.41) is 5.32. The average molecular weight is 368 g/mol. The van der Waals surface area contributed by atoms with Gasteiger partial charge in [0.1, 0.15) is 0 Å². The summed E-state index contributed by atoms with van der Waals surface area (Å²) < 4.78 is 10.6. The first-order valence-electron chi connectivity index (χ1n) is 8.07. The number of hydrogen-bond acceptors (Lipinski definition) is 5. The molecular weight excluding hydrogens is 348 g/mol. The van der Waals surface area contributed by atoms with Gasteiger partial charge in [-0.15, -0.1) is 11.3 Å². The third-order valence-corrected chi connectivity index (χ3v) is 4.65. The van der Waals surface area contributed by atoms with Crippen molar-refractivity contribution in [3.8, 4) is 22.8 Å². The van der Waals surface area contributed by atoms with E-state index in [9.17, 15) is 4.79 Å². The minimum Gasteiger partial charge on any atom is -0.493 e. The number of nitrogens with zero attached hydrogens (tertiary/aromatic N) is 1. The van der Waals surface area contributed by atoms with E-state index >= 15 is 0 Å². The van der Waals surface area contributed by atoms with Crippen molar-refractivity contribution in [3.05, 3.63) is 58.5 Å². The molecule has 0 bridgehead atoms. The topological polar surface area (TPSA) is 60.5 Å². The molecule has 5 nitrogen and oxygen atoms in total. The number of anilines is 1. The van der Waals surface area contributed by atoms with E-state index < -0.39 is 0 Å². The van der Waals surface area contributed by atoms with E-state index in [4.69, 9.17) is 9.47 Å². The highest BCUT2D eigenvalue weighted by Crippen LogP contribution is 2.33. The standard InChI is InChI=1S/C20H20N2O3S/c1-12-7-13(2)9-15(8-12)19(23)22-20-21-16(11-26-20)14-5-6-17(24-3)18(10-14)25-4/h5-11H,1-4H3,(H,21,22,23). The second-order valence-corrected chi connectivity index (χ2v) is 6.80. The second kappa shape index (κ2) is 7.58. The fourth-order valence-electron chi connectivity index (χ4n) is 2.73. The Balaban J connectivity index is 1.80. The Hall–Kier alpha value is -2.86. The summed E-state index contributed by atoms with van der Waals surface area (Å²) in [5.41, 5.74) is 4.41. The van der Waals surface area contributed by atoms with Crippen molar-refractivity contribution in [2.45, 2.75) is 13.8 Å². The number of amides is 1. The van der Waals surface area contributed by atoms with E-state index in [1.807, 2.05) is 55.6 Å². The molecule has 0 saturated carbocycles. The van der Waals surface area contributed by atoms with Crippen LogP contribution in [0.15, 0.2) is 41.8 Å². The smallest absolute Gasteiger partial charge is 0.257 e. The molecule has 0 spiro atoms. The third kappa shape index (κ3) is 3.86. The van der Waals surface area contributed by atoms with Crippen LogP contribution < -0.4 is 14.8 Å². The maximum Gasteiger partial charge on any atom is 0.257 e. The fourth-order valence-corrected chi connectivity index (χ4v) is 3.45. The number of rotatable bonds is 5. The summed E-state index contributed by atoms with van der Waals surface area (Å²) in [6, 6.07) is 11.4. The highest BCUT2D eigenvalue weighted by molar-refractivity contribution is 7.14. The molecule has 1 amide bonds. The number of ether oxygens (including phenoxy) is 2. The Morgan fingerprint density at radius 2 is 1.69 bits per heavy atom. The van der Waals surface area contributed by atoms with Gasteiger partial charge in [-0.1, -0.05) is 17.2 Å². The highest BCUT2D eigenvalue weighted by atomic mass is 32.1. The normalized spacial score (nSPS) is 10.5. The minimum atomic E-state index is -0.162. The number of thiazole rings is 1. The van der Waals surface area contributed by atoms with Crippen LogP contribution in [0.1, 0.15) is 21.5 Å². The monoisotopic (exact) mass is 368 g/mol. The molecule has 0 radical (unpaired) electrons. The molecule has 0 saturated heterocycles. The van der Waals surface area contributed by atoms with Crippen LogP contribution in [-0.4, -0.2) is 25.1 Å². The average Bonchev–Trinajstić information content (AvgIpc) is 3.08. The van der Waals surface area contributed by atoms with Gasteiger partial charge in [0.2, 0.25) is 0 Å². The number of carbonyl (C=O) groups excluding carboxylic acids is 1. The van der Waals surface area contributed by atoms with Gasteiger partial charge in [-0.25, -0.2) is 4.98 Å². The molecule has 3 rings (SSSR count). The van der Waals surface area contributed by atoms with E-state index in [1.165, 1.54) is 11.3 Å². The zero-order chi connectivity index (χ0) is 18.7. The first-order chi connectivity index (χ1) is 12.5. The zero-order valence-electron chi connectivity index (χ0n) is 15.1. The molecule has 2 aromatic carbocycles. The molecule has 0 aliphatic heterocycles. The summed E-state index contributed by atoms with van der Waals surface area (Å²) in [4.78, 5) is 17.0. The maximum atomic E-state index is 12.5. The molecule has 1 N–H and O–H groups in total. The zero-order valence-corrected chi connectivity index (χ0v) is 15.9. The lowest BCUT2D eigenvalue weighted by molar-refractivity contribution is 0.102. The lowest BCUT2D eigenvalue weighted by atomic mass is 10.1. The number of carbonyl (C=O) groups is 1. The summed E-state index contributed by atoms with van der Waals surface area (Å²) in [7, 11) is 3.19. The van der Waals surface area contributed by atoms with Crippen molar-refractivity contribution in [1.82, 2.24) is 4.98 Å². The second-order valence-electron chi connectivity index (χ2n) is 5.94. The predicted molar refractivity (Wildman–Crippen MR) is 105 cm³/mol. The summed E-state index contributed by atoms with van der Waals surface area (Å²) in [6.45, 7) is 3.95. The fraction of sp³-hybridized carbons (Fsp3) is 0.200. The molecule has 0 aliphatic rings. The molecule has 1 heterocycles. The van der Waals surface area contributed by atoms with Gasteiger partial charge in [0.25, 0.3) is 5.91 Å². The summed E-state index contributed by atoms with van der Waals surface area (Å²) in [6.07, 6.45) is 0. The van der Waals surface area contributed by atoms with Crippen LogP contribution in [0.5, 0.6) is 11.5 Å². The maximum absolute atomic E-state index is 12.5. The first kappa shape index (κ1) is 17.9. The van der Waals surface area contributed by atoms with Crippen molar-refractivity contribution in [2.24, 2.45) is 0 Å². The Morgan fingerprint density at radius 3 is 2.35 bits per heavy atom. The Kier molecular flexibility index (Phi) is 5.23. The Morgan fingerprint density at radius 1 is 1.00 bits per heavy atom. The van der Waals surface area contributed by atoms with Gasteiger partial charge in [-0.05, 0) is 44.2 Å². The molecule has 0 atom stereocenters. The lowest BCUT2D eigenvalue weighted by Crippen LogP contribution is -2.12. The molecule has 26 heavy (non-hydrogen) atoms. The number of nitrogens with one attached hydrogen (secondary N) is 1. The van der Waals surface area contributed by atoms with E-state index in [0.29, 0.717) is 22.2 Å². The van der Waals surface area contributed by atoms with Crippen molar-refractivity contribution in [3.63, 3.8) is 0 Å². The van der Waals surface area contributed by atoms with Crippen LogP contribution >= 0.6 is 11.3 Å². The summed E-state index contributed by atoms with van der Waals surface area (Å²) in [5.74, 6) is 1.14. The van der Waals surface area contributed by atoms with E-state index in [0.717, 1.165) is 22.4 Å². The molecule has 1 aromatic heterocycles. The number of hydrogen-bond donors (Lipinski definition) is 1. The Bertz CT molecular complexity index is 930. The van der Waals surface area contributed by atoms with Crippen LogP contribution in [0, 0.1) is 13.8 Å². The minimum absolute atomic E-state index is 0.162. The highest BCUT2D eigenvalue weighted by Gasteiger charge is 2.12. The SMILES string of the molecule is COc1ccc(-c2csc(NC(=O)c3cc(C)cc(C)c3)n2)cc1OC. The van der Waals surface area contributed by atoms with Crippen molar-refractivity contribution >= 4 is 22.4 Å². The largest absolute Gasteiger partial charge is 0.493 e. The van der Waals surface area contributed by atoms with Gasteiger partial charge in [-0.3, -0.25) is 10.1 Å². The first-order valence-corrected chi connectivity index (χ1v) is 8.95. The molecule has 6 heteroatoms. The molecule has 134 valence electrons. The van der Waals surface area contributed by atoms with Crippen LogP contribution in [-0.2, 0) is 0 Å². The number of aryl methyl sites for hydroxylation is 2. The van der Waals surface area contributed by atoms with Gasteiger partial charge >= 0.3 is 0 Å². The Labute approximate surface area is 156 Å². The van der Waals surface area contributed by atoms with Gasteiger partial charge < -0.3 is 9.47 Å². The van der Waals surface area contributed by atoms with E-state index in [-0.39, 0.29) is 5.91 Å². The van der Waals surface area contributed by atoms with Crippen molar-refractivity contribution in [1.29, 1.82) is 0 Å². The summed E-state index contributed by atoms with van der Waals surface area (Å²) >= 11 is 1.38. The molecule has 0 aliphatic carbocycles. The number of methoxy groups -OCH3 is 2. The number of aromatic nitrogens is 1. The van der Waals surface area contributed by atoms with E-state index in [1.54, 1.807) is 14.2 Å². The predicted octanol–water partition coefficient (Wildman–Crippen LogP) is 4.70. The van der Waals surface area contributed by atoms with Gasteiger partial charge in [0.05, 0.1) is 19.9 Å². The van der Waals surface area contributed by atoms with Crippen molar-refractivity contribution < 1.29 is 14.3 Å². The van der Waals surface area contributed by atoms with Crippen LogP contribution in [0.3, 0.4) is 0 Å².